The molecule has 0 bridgehead atoms. The van der Waals surface area contributed by atoms with Gasteiger partial charge < -0.3 is 5.32 Å². The molecule has 1 amide bonds. The topological polar surface area (TPSA) is 66.5 Å². The number of piperidine rings is 1. The number of carbonyl (C=O) groups excluding carboxylic acids is 1. The molecule has 7 heteroatoms. The monoisotopic (exact) mass is 392 g/mol. The van der Waals surface area contributed by atoms with E-state index in [1.165, 1.54) is 4.31 Å². The molecule has 26 heavy (non-hydrogen) atoms. The van der Waals surface area contributed by atoms with Crippen molar-refractivity contribution in [3.05, 3.63) is 65.2 Å². The lowest BCUT2D eigenvalue weighted by atomic mass is 9.97. The van der Waals surface area contributed by atoms with Crippen molar-refractivity contribution in [3.63, 3.8) is 0 Å². The Kier molecular flexibility index (Phi) is 5.96. The molecule has 138 valence electrons. The third-order valence-electron chi connectivity index (χ3n) is 4.62. The Morgan fingerprint density at radius 3 is 2.31 bits per heavy atom. The molecule has 2 aromatic rings. The van der Waals surface area contributed by atoms with Crippen LogP contribution in [0, 0.1) is 5.92 Å². The van der Waals surface area contributed by atoms with Gasteiger partial charge in [0, 0.05) is 30.6 Å². The summed E-state index contributed by atoms with van der Waals surface area (Å²) in [5.41, 5.74) is 0.867. The molecule has 1 N–H and O–H groups in total. The van der Waals surface area contributed by atoms with Crippen molar-refractivity contribution in [2.24, 2.45) is 5.92 Å². The van der Waals surface area contributed by atoms with Gasteiger partial charge in [-0.1, -0.05) is 48.0 Å². The van der Waals surface area contributed by atoms with Crippen LogP contribution in [0.4, 0.5) is 0 Å². The fourth-order valence-corrected chi connectivity index (χ4v) is 4.76. The standard InChI is InChI=1S/C19H21ClN2O3S/c20-18-9-5-4-6-16(18)14-21-19(23)15-10-12-22(13-11-15)26(24,25)17-7-2-1-3-8-17/h1-9,15H,10-14H2,(H,21,23). The molecule has 1 saturated heterocycles. The molecule has 0 spiro atoms. The molecular formula is C19H21ClN2O3S. The van der Waals surface area contributed by atoms with Crippen molar-refractivity contribution >= 4 is 27.5 Å². The smallest absolute Gasteiger partial charge is 0.243 e. The predicted molar refractivity (Wildman–Crippen MR) is 101 cm³/mol. The molecule has 1 fully saturated rings. The van der Waals surface area contributed by atoms with Crippen molar-refractivity contribution in [3.8, 4) is 0 Å². The minimum atomic E-state index is -3.49. The zero-order valence-electron chi connectivity index (χ0n) is 14.3. The van der Waals surface area contributed by atoms with E-state index in [1.54, 1.807) is 36.4 Å². The fourth-order valence-electron chi connectivity index (χ4n) is 3.07. The largest absolute Gasteiger partial charge is 0.352 e. The molecule has 0 saturated carbocycles. The van der Waals surface area contributed by atoms with Gasteiger partial charge in [-0.2, -0.15) is 4.31 Å². The zero-order chi connectivity index (χ0) is 18.6. The fraction of sp³-hybridized carbons (Fsp3) is 0.316. The second-order valence-corrected chi connectivity index (χ2v) is 8.65. The Bertz CT molecular complexity index is 863. The van der Waals surface area contributed by atoms with Crippen molar-refractivity contribution in [2.75, 3.05) is 13.1 Å². The first-order valence-electron chi connectivity index (χ1n) is 8.55. The molecule has 1 aliphatic rings. The summed E-state index contributed by atoms with van der Waals surface area (Å²) in [6, 6.07) is 15.8. The van der Waals surface area contributed by atoms with Gasteiger partial charge in [0.2, 0.25) is 15.9 Å². The lowest BCUT2D eigenvalue weighted by molar-refractivity contribution is -0.126. The maximum atomic E-state index is 12.6. The predicted octanol–water partition coefficient (Wildman–Crippen LogP) is 3.06. The third kappa shape index (κ3) is 4.26. The number of amides is 1. The van der Waals surface area contributed by atoms with Crippen molar-refractivity contribution in [1.29, 1.82) is 0 Å². The van der Waals surface area contributed by atoms with Gasteiger partial charge in [0.05, 0.1) is 4.90 Å². The van der Waals surface area contributed by atoms with Gasteiger partial charge in [0.1, 0.15) is 0 Å². The van der Waals surface area contributed by atoms with Crippen LogP contribution < -0.4 is 5.32 Å². The van der Waals surface area contributed by atoms with Gasteiger partial charge in [0.25, 0.3) is 0 Å². The van der Waals surface area contributed by atoms with Crippen LogP contribution in [-0.2, 0) is 21.4 Å². The van der Waals surface area contributed by atoms with Crippen molar-refractivity contribution in [2.45, 2.75) is 24.3 Å². The molecule has 0 atom stereocenters. The van der Waals surface area contributed by atoms with Crippen LogP contribution in [0.2, 0.25) is 5.02 Å². The second-order valence-electron chi connectivity index (χ2n) is 6.30. The summed E-state index contributed by atoms with van der Waals surface area (Å²) >= 11 is 6.10. The number of nitrogens with zero attached hydrogens (tertiary/aromatic N) is 1. The first-order chi connectivity index (χ1) is 12.5. The zero-order valence-corrected chi connectivity index (χ0v) is 15.8. The van der Waals surface area contributed by atoms with E-state index in [-0.39, 0.29) is 11.8 Å². The number of carbonyl (C=O) groups is 1. The molecule has 0 radical (unpaired) electrons. The summed E-state index contributed by atoms with van der Waals surface area (Å²) in [4.78, 5) is 12.7. The number of sulfonamides is 1. The molecular weight excluding hydrogens is 372 g/mol. The number of benzene rings is 2. The Labute approximate surface area is 159 Å². The summed E-state index contributed by atoms with van der Waals surface area (Å²) < 4.78 is 26.7. The van der Waals surface area contributed by atoms with Crippen LogP contribution in [0.25, 0.3) is 0 Å². The number of hydrogen-bond donors (Lipinski definition) is 1. The van der Waals surface area contributed by atoms with E-state index in [4.69, 9.17) is 11.6 Å². The highest BCUT2D eigenvalue weighted by molar-refractivity contribution is 7.89. The minimum absolute atomic E-state index is 0.0540. The maximum absolute atomic E-state index is 12.6. The Hall–Kier alpha value is -1.89. The molecule has 0 aromatic heterocycles. The van der Waals surface area contributed by atoms with Gasteiger partial charge >= 0.3 is 0 Å². The summed E-state index contributed by atoms with van der Waals surface area (Å²) in [5.74, 6) is -0.235. The molecule has 1 aliphatic heterocycles. The van der Waals surface area contributed by atoms with E-state index in [9.17, 15) is 13.2 Å². The van der Waals surface area contributed by atoms with Crippen LogP contribution in [0.15, 0.2) is 59.5 Å². The van der Waals surface area contributed by atoms with Crippen LogP contribution in [-0.4, -0.2) is 31.7 Å². The quantitative estimate of drug-likeness (QED) is 0.850. The second kappa shape index (κ2) is 8.20. The Balaban J connectivity index is 1.55. The third-order valence-corrected chi connectivity index (χ3v) is 6.90. The van der Waals surface area contributed by atoms with E-state index in [0.29, 0.717) is 42.4 Å². The Morgan fingerprint density at radius 2 is 1.65 bits per heavy atom. The van der Waals surface area contributed by atoms with E-state index in [0.717, 1.165) is 5.56 Å². The van der Waals surface area contributed by atoms with Gasteiger partial charge in [-0.3, -0.25) is 4.79 Å². The van der Waals surface area contributed by atoms with Crippen LogP contribution in [0.1, 0.15) is 18.4 Å². The average molecular weight is 393 g/mol. The summed E-state index contributed by atoms with van der Waals surface area (Å²) in [7, 11) is -3.49. The Morgan fingerprint density at radius 1 is 1.04 bits per heavy atom. The van der Waals surface area contributed by atoms with Crippen LogP contribution in [0.5, 0.6) is 0 Å². The molecule has 1 heterocycles. The number of rotatable bonds is 5. The number of nitrogens with one attached hydrogen (secondary N) is 1. The van der Waals surface area contributed by atoms with E-state index in [2.05, 4.69) is 5.32 Å². The summed E-state index contributed by atoms with van der Waals surface area (Å²) in [5, 5.41) is 3.53. The van der Waals surface area contributed by atoms with E-state index >= 15 is 0 Å². The normalized spacial score (nSPS) is 16.3. The molecule has 0 aliphatic carbocycles. The maximum Gasteiger partial charge on any atom is 0.243 e. The lowest BCUT2D eigenvalue weighted by Crippen LogP contribution is -2.42. The van der Waals surface area contributed by atoms with Gasteiger partial charge in [-0.25, -0.2) is 8.42 Å². The average Bonchev–Trinajstić information content (AvgIpc) is 2.68. The highest BCUT2D eigenvalue weighted by Crippen LogP contribution is 2.24. The highest BCUT2D eigenvalue weighted by atomic mass is 35.5. The van der Waals surface area contributed by atoms with Gasteiger partial charge in [-0.05, 0) is 36.6 Å². The number of halogens is 1. The molecule has 0 unspecified atom stereocenters. The first-order valence-corrected chi connectivity index (χ1v) is 10.4. The van der Waals surface area contributed by atoms with Crippen molar-refractivity contribution < 1.29 is 13.2 Å². The minimum Gasteiger partial charge on any atom is -0.352 e. The number of hydrogen-bond acceptors (Lipinski definition) is 3. The van der Waals surface area contributed by atoms with Crippen LogP contribution in [0.3, 0.4) is 0 Å². The van der Waals surface area contributed by atoms with E-state index in [1.807, 2.05) is 18.2 Å². The molecule has 3 rings (SSSR count). The van der Waals surface area contributed by atoms with Crippen molar-refractivity contribution in [1.82, 2.24) is 9.62 Å². The SMILES string of the molecule is O=C(NCc1ccccc1Cl)C1CCN(S(=O)(=O)c2ccccc2)CC1. The molecule has 2 aromatic carbocycles. The molecule has 5 nitrogen and oxygen atoms in total. The summed E-state index contributed by atoms with van der Waals surface area (Å²) in [6.07, 6.45) is 1.03. The van der Waals surface area contributed by atoms with Gasteiger partial charge in [-0.15, -0.1) is 0 Å². The summed E-state index contributed by atoms with van der Waals surface area (Å²) in [6.45, 7) is 1.07. The first kappa shape index (κ1) is 18.9. The van der Waals surface area contributed by atoms with Crippen LogP contribution >= 0.6 is 11.6 Å². The lowest BCUT2D eigenvalue weighted by Gasteiger charge is -2.30. The van der Waals surface area contributed by atoms with E-state index < -0.39 is 10.0 Å². The van der Waals surface area contributed by atoms with Gasteiger partial charge in [0.15, 0.2) is 0 Å². The highest BCUT2D eigenvalue weighted by Gasteiger charge is 2.31.